The van der Waals surface area contributed by atoms with E-state index in [9.17, 15) is 4.79 Å². The van der Waals surface area contributed by atoms with Gasteiger partial charge in [0.2, 0.25) is 0 Å². The maximum Gasteiger partial charge on any atom is 0.270 e. The van der Waals surface area contributed by atoms with Crippen LogP contribution < -0.4 is 5.32 Å². The number of fused-ring (bicyclic) bond motifs is 1. The van der Waals surface area contributed by atoms with E-state index < -0.39 is 0 Å². The summed E-state index contributed by atoms with van der Waals surface area (Å²) in [5.74, 6) is -0.0331. The molecule has 5 heteroatoms. The van der Waals surface area contributed by atoms with Crippen LogP contribution in [0, 0.1) is 6.92 Å². The number of hydrogen-bond donors (Lipinski definition) is 1. The van der Waals surface area contributed by atoms with E-state index in [0.717, 1.165) is 18.5 Å². The second kappa shape index (κ2) is 6.06. The number of imidazole rings is 1. The average Bonchev–Trinajstić information content (AvgIpc) is 2.61. The first-order valence-corrected chi connectivity index (χ1v) is 7.98. The highest BCUT2D eigenvalue weighted by molar-refractivity contribution is 6.30. The minimum atomic E-state index is -0.0331. The number of aromatic nitrogens is 2. The molecule has 1 N–H and O–H groups in total. The summed E-state index contributed by atoms with van der Waals surface area (Å²) in [7, 11) is 0. The Morgan fingerprint density at radius 1 is 1.33 bits per heavy atom. The molecule has 0 bridgehead atoms. The third-order valence-electron chi connectivity index (χ3n) is 4.17. The second-order valence-electron chi connectivity index (χ2n) is 5.78. The Balaban J connectivity index is 1.85. The summed E-state index contributed by atoms with van der Waals surface area (Å²) >= 11 is 5.98. The van der Waals surface area contributed by atoms with E-state index in [1.54, 1.807) is 18.3 Å². The lowest BCUT2D eigenvalue weighted by Gasteiger charge is -2.16. The maximum atomic E-state index is 12.6. The van der Waals surface area contributed by atoms with Crippen molar-refractivity contribution in [2.24, 2.45) is 0 Å². The molecule has 1 saturated carbocycles. The van der Waals surface area contributed by atoms with E-state index in [1.807, 2.05) is 11.3 Å². The summed E-state index contributed by atoms with van der Waals surface area (Å²) in [6.07, 6.45) is 8.92. The summed E-state index contributed by atoms with van der Waals surface area (Å²) in [5, 5.41) is 3.80. The van der Waals surface area contributed by atoms with Crippen LogP contribution in [0.2, 0.25) is 5.02 Å². The zero-order valence-electron chi connectivity index (χ0n) is 12.2. The molecule has 0 aromatic carbocycles. The molecule has 0 radical (unpaired) electrons. The number of rotatable bonds is 2. The van der Waals surface area contributed by atoms with E-state index in [-0.39, 0.29) is 11.9 Å². The van der Waals surface area contributed by atoms with Crippen molar-refractivity contribution < 1.29 is 4.79 Å². The molecular formula is C16H20ClN3O. The van der Waals surface area contributed by atoms with Gasteiger partial charge in [0.05, 0.1) is 5.69 Å². The monoisotopic (exact) mass is 305 g/mol. The number of halogens is 1. The smallest absolute Gasteiger partial charge is 0.270 e. The van der Waals surface area contributed by atoms with Gasteiger partial charge in [0.25, 0.3) is 5.91 Å². The van der Waals surface area contributed by atoms with Crippen molar-refractivity contribution in [3.63, 3.8) is 0 Å². The average molecular weight is 306 g/mol. The van der Waals surface area contributed by atoms with Crippen LogP contribution in [0.1, 0.15) is 54.7 Å². The Morgan fingerprint density at radius 3 is 2.76 bits per heavy atom. The predicted molar refractivity (Wildman–Crippen MR) is 83.9 cm³/mol. The number of carbonyl (C=O) groups is 1. The van der Waals surface area contributed by atoms with E-state index in [0.29, 0.717) is 16.4 Å². The molecule has 1 aliphatic rings. The van der Waals surface area contributed by atoms with E-state index in [4.69, 9.17) is 11.6 Å². The van der Waals surface area contributed by atoms with Gasteiger partial charge >= 0.3 is 0 Å². The van der Waals surface area contributed by atoms with Gasteiger partial charge in [0, 0.05) is 23.3 Å². The number of carbonyl (C=O) groups excluding carboxylic acids is 1. The normalized spacial score (nSPS) is 16.9. The highest BCUT2D eigenvalue weighted by Crippen LogP contribution is 2.19. The van der Waals surface area contributed by atoms with Gasteiger partial charge in [0.1, 0.15) is 11.3 Å². The van der Waals surface area contributed by atoms with Gasteiger partial charge < -0.3 is 5.32 Å². The first-order chi connectivity index (χ1) is 10.1. The lowest BCUT2D eigenvalue weighted by atomic mass is 10.1. The standard InChI is InChI=1S/C16H20ClN3O/c1-11-15(20-9-8-12(17)10-14(20)18-11)16(21)19-13-6-4-2-3-5-7-13/h8-10,13H,2-7H2,1H3,(H,19,21). The van der Waals surface area contributed by atoms with Gasteiger partial charge in [-0.15, -0.1) is 0 Å². The number of nitrogens with zero attached hydrogens (tertiary/aromatic N) is 2. The van der Waals surface area contributed by atoms with Gasteiger partial charge in [-0.3, -0.25) is 9.20 Å². The first kappa shape index (κ1) is 14.4. The zero-order valence-corrected chi connectivity index (χ0v) is 13.0. The van der Waals surface area contributed by atoms with Gasteiger partial charge in [-0.1, -0.05) is 37.3 Å². The Morgan fingerprint density at radius 2 is 2.05 bits per heavy atom. The molecule has 0 unspecified atom stereocenters. The molecule has 1 fully saturated rings. The number of nitrogens with one attached hydrogen (secondary N) is 1. The summed E-state index contributed by atoms with van der Waals surface area (Å²) in [6, 6.07) is 3.84. The van der Waals surface area contributed by atoms with Crippen molar-refractivity contribution in [1.82, 2.24) is 14.7 Å². The van der Waals surface area contributed by atoms with Crippen LogP contribution in [0.4, 0.5) is 0 Å². The first-order valence-electron chi connectivity index (χ1n) is 7.60. The Hall–Kier alpha value is -1.55. The molecular weight excluding hydrogens is 286 g/mol. The highest BCUT2D eigenvalue weighted by Gasteiger charge is 2.20. The molecule has 1 aliphatic carbocycles. The fourth-order valence-electron chi connectivity index (χ4n) is 3.09. The quantitative estimate of drug-likeness (QED) is 0.859. The Kier molecular flexibility index (Phi) is 4.15. The molecule has 2 aromatic rings. The third kappa shape index (κ3) is 3.05. The van der Waals surface area contributed by atoms with Crippen molar-refractivity contribution in [3.8, 4) is 0 Å². The highest BCUT2D eigenvalue weighted by atomic mass is 35.5. The lowest BCUT2D eigenvalue weighted by Crippen LogP contribution is -2.35. The van der Waals surface area contributed by atoms with Gasteiger partial charge in [-0.25, -0.2) is 4.98 Å². The number of aryl methyl sites for hydroxylation is 1. The van der Waals surface area contributed by atoms with Crippen molar-refractivity contribution in [3.05, 3.63) is 34.7 Å². The minimum Gasteiger partial charge on any atom is -0.348 e. The molecule has 112 valence electrons. The van der Waals surface area contributed by atoms with Crippen molar-refractivity contribution in [1.29, 1.82) is 0 Å². The minimum absolute atomic E-state index is 0.0331. The van der Waals surface area contributed by atoms with Crippen molar-refractivity contribution >= 4 is 23.2 Å². The Bertz CT molecular complexity index is 657. The zero-order chi connectivity index (χ0) is 14.8. The fourth-order valence-corrected chi connectivity index (χ4v) is 3.24. The van der Waals surface area contributed by atoms with Gasteiger partial charge in [0.15, 0.2) is 0 Å². The molecule has 4 nitrogen and oxygen atoms in total. The SMILES string of the molecule is Cc1nc2cc(Cl)ccn2c1C(=O)NC1CCCCCC1. The molecule has 0 spiro atoms. The van der Waals surface area contributed by atoms with Crippen LogP contribution >= 0.6 is 11.6 Å². The van der Waals surface area contributed by atoms with Crippen LogP contribution in [0.5, 0.6) is 0 Å². The second-order valence-corrected chi connectivity index (χ2v) is 6.22. The summed E-state index contributed by atoms with van der Waals surface area (Å²) in [5.41, 5.74) is 2.07. The number of hydrogen-bond acceptors (Lipinski definition) is 2. The summed E-state index contributed by atoms with van der Waals surface area (Å²) in [4.78, 5) is 17.0. The summed E-state index contributed by atoms with van der Waals surface area (Å²) in [6.45, 7) is 1.86. The van der Waals surface area contributed by atoms with Crippen molar-refractivity contribution in [2.75, 3.05) is 0 Å². The predicted octanol–water partition coefficient (Wildman–Crippen LogP) is 3.75. The maximum absolute atomic E-state index is 12.6. The van der Waals surface area contributed by atoms with E-state index in [2.05, 4.69) is 10.3 Å². The topological polar surface area (TPSA) is 46.4 Å². The summed E-state index contributed by atoms with van der Waals surface area (Å²) < 4.78 is 1.81. The van der Waals surface area contributed by atoms with Gasteiger partial charge in [-0.05, 0) is 25.8 Å². The fraction of sp³-hybridized carbons (Fsp3) is 0.500. The van der Waals surface area contributed by atoms with Gasteiger partial charge in [-0.2, -0.15) is 0 Å². The van der Waals surface area contributed by atoms with Crippen LogP contribution in [0.15, 0.2) is 18.3 Å². The molecule has 0 atom stereocenters. The van der Waals surface area contributed by atoms with E-state index >= 15 is 0 Å². The molecule has 0 aliphatic heterocycles. The molecule has 21 heavy (non-hydrogen) atoms. The number of pyridine rings is 1. The van der Waals surface area contributed by atoms with Crippen LogP contribution in [-0.2, 0) is 0 Å². The van der Waals surface area contributed by atoms with E-state index in [1.165, 1.54) is 25.7 Å². The molecule has 1 amide bonds. The number of amides is 1. The Labute approximate surface area is 129 Å². The molecule has 2 heterocycles. The van der Waals surface area contributed by atoms with Crippen LogP contribution in [-0.4, -0.2) is 21.3 Å². The third-order valence-corrected chi connectivity index (χ3v) is 4.40. The largest absolute Gasteiger partial charge is 0.348 e. The molecule has 2 aromatic heterocycles. The molecule has 0 saturated heterocycles. The lowest BCUT2D eigenvalue weighted by molar-refractivity contribution is 0.0926. The van der Waals surface area contributed by atoms with Crippen molar-refractivity contribution in [2.45, 2.75) is 51.5 Å². The van der Waals surface area contributed by atoms with Crippen LogP contribution in [0.3, 0.4) is 0 Å². The van der Waals surface area contributed by atoms with Crippen LogP contribution in [0.25, 0.3) is 5.65 Å². The molecule has 3 rings (SSSR count).